The monoisotopic (exact) mass is 328 g/mol. The summed E-state index contributed by atoms with van der Waals surface area (Å²) in [7, 11) is 1.66. The Labute approximate surface area is 120 Å². The lowest BCUT2D eigenvalue weighted by atomic mass is 10.1. The quantitative estimate of drug-likeness (QED) is 0.474. The molecule has 5 nitrogen and oxygen atoms in total. The van der Waals surface area contributed by atoms with Gasteiger partial charge in [0.05, 0.1) is 4.92 Å². The number of amides is 1. The number of nitro benzene ring substituents is 1. The van der Waals surface area contributed by atoms with Gasteiger partial charge in [-0.05, 0) is 25.0 Å². The highest BCUT2D eigenvalue weighted by molar-refractivity contribution is 9.09. The van der Waals surface area contributed by atoms with E-state index >= 15 is 0 Å². The second-order valence-corrected chi connectivity index (χ2v) is 6.14. The number of carbonyl (C=O) groups is 1. The average Bonchev–Trinajstić information content (AvgIpc) is 2.34. The number of rotatable bonds is 5. The Morgan fingerprint density at radius 3 is 2.68 bits per heavy atom. The predicted octanol–water partition coefficient (Wildman–Crippen LogP) is 3.15. The smallest absolute Gasteiger partial charge is 0.282 e. The zero-order chi connectivity index (χ0) is 14.6. The summed E-state index contributed by atoms with van der Waals surface area (Å²) in [6.45, 7) is 4.35. The highest BCUT2D eigenvalue weighted by Gasteiger charge is 2.22. The Morgan fingerprint density at radius 2 is 2.16 bits per heavy atom. The summed E-state index contributed by atoms with van der Waals surface area (Å²) in [5.41, 5.74) is 0.834. The maximum atomic E-state index is 12.2. The van der Waals surface area contributed by atoms with Crippen LogP contribution in [0.15, 0.2) is 18.2 Å². The third-order valence-corrected chi connectivity index (χ3v) is 3.25. The van der Waals surface area contributed by atoms with Crippen molar-refractivity contribution in [2.75, 3.05) is 13.6 Å². The zero-order valence-electron chi connectivity index (χ0n) is 11.2. The summed E-state index contributed by atoms with van der Waals surface area (Å²) in [5, 5.41) is 11.0. The standard InChI is InChI=1S/C13H17BrN2O3/c1-9-4-5-12(16(18)19)11(8-9)13(17)15(3)7-6-10(2)14/h4-5,8,10H,6-7H2,1-3H3. The number of carbonyl (C=O) groups excluding carboxylic acids is 1. The second kappa shape index (κ2) is 6.65. The lowest BCUT2D eigenvalue weighted by molar-refractivity contribution is -0.385. The number of aryl methyl sites for hydroxylation is 1. The highest BCUT2D eigenvalue weighted by atomic mass is 79.9. The molecule has 0 saturated heterocycles. The van der Waals surface area contributed by atoms with Crippen molar-refractivity contribution < 1.29 is 9.72 Å². The van der Waals surface area contributed by atoms with Crippen molar-refractivity contribution in [1.82, 2.24) is 4.90 Å². The summed E-state index contributed by atoms with van der Waals surface area (Å²) in [6, 6.07) is 4.58. The molecule has 6 heteroatoms. The van der Waals surface area contributed by atoms with E-state index in [0.717, 1.165) is 12.0 Å². The van der Waals surface area contributed by atoms with Gasteiger partial charge >= 0.3 is 0 Å². The van der Waals surface area contributed by atoms with Gasteiger partial charge in [0.2, 0.25) is 0 Å². The Balaban J connectivity index is 2.98. The molecule has 1 amide bonds. The molecule has 19 heavy (non-hydrogen) atoms. The normalized spacial score (nSPS) is 12.0. The van der Waals surface area contributed by atoms with Crippen LogP contribution in [0.2, 0.25) is 0 Å². The average molecular weight is 329 g/mol. The molecule has 1 unspecified atom stereocenters. The number of hydrogen-bond acceptors (Lipinski definition) is 3. The van der Waals surface area contributed by atoms with Gasteiger partial charge in [-0.1, -0.05) is 28.9 Å². The van der Waals surface area contributed by atoms with Crippen molar-refractivity contribution in [3.8, 4) is 0 Å². The molecule has 1 aromatic rings. The maximum Gasteiger partial charge on any atom is 0.282 e. The molecule has 0 aliphatic rings. The van der Waals surface area contributed by atoms with Crippen LogP contribution < -0.4 is 0 Å². The highest BCUT2D eigenvalue weighted by Crippen LogP contribution is 2.21. The van der Waals surface area contributed by atoms with Gasteiger partial charge in [-0.15, -0.1) is 0 Å². The number of nitro groups is 1. The Hall–Kier alpha value is -1.43. The van der Waals surface area contributed by atoms with Crippen LogP contribution in [-0.2, 0) is 0 Å². The molecule has 0 bridgehead atoms. The molecule has 0 N–H and O–H groups in total. The molecule has 0 saturated carbocycles. The third kappa shape index (κ3) is 4.31. The van der Waals surface area contributed by atoms with E-state index < -0.39 is 4.92 Å². The van der Waals surface area contributed by atoms with E-state index in [1.54, 1.807) is 26.1 Å². The van der Waals surface area contributed by atoms with E-state index in [2.05, 4.69) is 15.9 Å². The molecule has 0 radical (unpaired) electrons. The van der Waals surface area contributed by atoms with Crippen LogP contribution in [0.3, 0.4) is 0 Å². The summed E-state index contributed by atoms with van der Waals surface area (Å²) in [4.78, 5) is 24.5. The van der Waals surface area contributed by atoms with E-state index in [1.807, 2.05) is 6.92 Å². The lowest BCUT2D eigenvalue weighted by Crippen LogP contribution is -2.29. The minimum absolute atomic E-state index is 0.144. The molecular formula is C13H17BrN2O3. The molecular weight excluding hydrogens is 312 g/mol. The molecule has 0 heterocycles. The van der Waals surface area contributed by atoms with Gasteiger partial charge in [-0.25, -0.2) is 0 Å². The van der Waals surface area contributed by atoms with Crippen LogP contribution in [-0.4, -0.2) is 34.2 Å². The largest absolute Gasteiger partial charge is 0.341 e. The Morgan fingerprint density at radius 1 is 1.53 bits per heavy atom. The fourth-order valence-electron chi connectivity index (χ4n) is 1.66. The Kier molecular flexibility index (Phi) is 5.47. The van der Waals surface area contributed by atoms with Crippen molar-refractivity contribution >= 4 is 27.5 Å². The molecule has 0 aliphatic heterocycles. The summed E-state index contributed by atoms with van der Waals surface area (Å²) in [5.74, 6) is -0.316. The SMILES string of the molecule is Cc1ccc([N+](=O)[O-])c(C(=O)N(C)CCC(C)Br)c1. The summed E-state index contributed by atoms with van der Waals surface area (Å²) < 4.78 is 0. The first-order chi connectivity index (χ1) is 8.82. The van der Waals surface area contributed by atoms with Crippen molar-refractivity contribution in [3.63, 3.8) is 0 Å². The van der Waals surface area contributed by atoms with Crippen LogP contribution in [0, 0.1) is 17.0 Å². The molecule has 1 rings (SSSR count). The minimum Gasteiger partial charge on any atom is -0.341 e. The fourth-order valence-corrected chi connectivity index (χ4v) is 1.86. The topological polar surface area (TPSA) is 63.5 Å². The van der Waals surface area contributed by atoms with Crippen LogP contribution in [0.25, 0.3) is 0 Å². The van der Waals surface area contributed by atoms with Gasteiger partial charge in [0.1, 0.15) is 5.56 Å². The van der Waals surface area contributed by atoms with E-state index in [-0.39, 0.29) is 17.2 Å². The maximum absolute atomic E-state index is 12.2. The molecule has 0 aromatic heterocycles. The number of alkyl halides is 1. The van der Waals surface area contributed by atoms with Gasteiger partial charge in [0.15, 0.2) is 0 Å². The molecule has 0 spiro atoms. The Bertz CT molecular complexity index is 489. The molecule has 1 aromatic carbocycles. The van der Waals surface area contributed by atoms with Gasteiger partial charge in [0.25, 0.3) is 11.6 Å². The number of hydrogen-bond donors (Lipinski definition) is 0. The minimum atomic E-state index is -0.520. The number of benzene rings is 1. The number of halogens is 1. The second-order valence-electron chi connectivity index (χ2n) is 4.57. The number of nitrogens with zero attached hydrogens (tertiary/aromatic N) is 2. The van der Waals surface area contributed by atoms with Crippen molar-refractivity contribution in [1.29, 1.82) is 0 Å². The predicted molar refractivity (Wildman–Crippen MR) is 77.8 cm³/mol. The third-order valence-electron chi connectivity index (χ3n) is 2.79. The summed E-state index contributed by atoms with van der Waals surface area (Å²) >= 11 is 3.41. The van der Waals surface area contributed by atoms with E-state index in [1.165, 1.54) is 11.0 Å². The van der Waals surface area contributed by atoms with Crippen molar-refractivity contribution in [2.45, 2.75) is 25.1 Å². The van der Waals surface area contributed by atoms with Gasteiger partial charge in [0, 0.05) is 24.5 Å². The van der Waals surface area contributed by atoms with Crippen molar-refractivity contribution in [3.05, 3.63) is 39.4 Å². The zero-order valence-corrected chi connectivity index (χ0v) is 12.8. The van der Waals surface area contributed by atoms with Crippen LogP contribution in [0.4, 0.5) is 5.69 Å². The molecule has 0 fully saturated rings. The molecule has 0 aliphatic carbocycles. The molecule has 1 atom stereocenters. The van der Waals surface area contributed by atoms with E-state index in [9.17, 15) is 14.9 Å². The first kappa shape index (κ1) is 15.6. The lowest BCUT2D eigenvalue weighted by Gasteiger charge is -2.18. The van der Waals surface area contributed by atoms with Crippen LogP contribution in [0.1, 0.15) is 29.3 Å². The van der Waals surface area contributed by atoms with Gasteiger partial charge in [-0.2, -0.15) is 0 Å². The van der Waals surface area contributed by atoms with Crippen molar-refractivity contribution in [2.24, 2.45) is 0 Å². The molecule has 104 valence electrons. The van der Waals surface area contributed by atoms with Crippen LogP contribution in [0.5, 0.6) is 0 Å². The van der Waals surface area contributed by atoms with Crippen LogP contribution >= 0.6 is 15.9 Å². The summed E-state index contributed by atoms with van der Waals surface area (Å²) in [6.07, 6.45) is 0.794. The van der Waals surface area contributed by atoms with E-state index in [0.29, 0.717) is 11.4 Å². The fraction of sp³-hybridized carbons (Fsp3) is 0.462. The first-order valence-corrected chi connectivity index (χ1v) is 6.89. The van der Waals surface area contributed by atoms with E-state index in [4.69, 9.17) is 0 Å². The first-order valence-electron chi connectivity index (χ1n) is 5.97. The van der Waals surface area contributed by atoms with Gasteiger partial charge in [-0.3, -0.25) is 14.9 Å². The van der Waals surface area contributed by atoms with Gasteiger partial charge < -0.3 is 4.90 Å².